The van der Waals surface area contributed by atoms with Crippen LogP contribution in [0.15, 0.2) is 22.9 Å². The third kappa shape index (κ3) is 4.48. The predicted molar refractivity (Wildman–Crippen MR) is 76.0 cm³/mol. The van der Waals surface area contributed by atoms with Gasteiger partial charge in [-0.15, -0.1) is 0 Å². The van der Waals surface area contributed by atoms with Crippen molar-refractivity contribution in [2.24, 2.45) is 0 Å². The maximum atomic E-state index is 12.0. The van der Waals surface area contributed by atoms with E-state index in [-0.39, 0.29) is 10.8 Å². The summed E-state index contributed by atoms with van der Waals surface area (Å²) in [6.45, 7) is 7.95. The number of rotatable bonds is 4. The van der Waals surface area contributed by atoms with Crippen molar-refractivity contribution in [1.29, 1.82) is 0 Å². The Morgan fingerprint density at radius 1 is 1.47 bits per heavy atom. The fourth-order valence-electron chi connectivity index (χ4n) is 1.29. The van der Waals surface area contributed by atoms with E-state index in [2.05, 4.69) is 32.6 Å². The molecule has 0 aliphatic heterocycles. The van der Waals surface area contributed by atoms with Crippen molar-refractivity contribution >= 4 is 26.9 Å². The van der Waals surface area contributed by atoms with Crippen molar-refractivity contribution < 1.29 is 4.21 Å². The molecule has 0 aliphatic rings. The normalized spacial score (nSPS) is 15.6. The van der Waals surface area contributed by atoms with Crippen molar-refractivity contribution in [2.75, 3.05) is 0 Å². The molecule has 0 saturated carbocycles. The van der Waals surface area contributed by atoms with Gasteiger partial charge in [-0.05, 0) is 54.8 Å². The van der Waals surface area contributed by atoms with Gasteiger partial charge in [-0.3, -0.25) is 0 Å². The van der Waals surface area contributed by atoms with E-state index in [0.717, 1.165) is 16.6 Å². The topological polar surface area (TPSA) is 42.0 Å². The summed E-state index contributed by atoms with van der Waals surface area (Å²) >= 11 is 3.31. The van der Waals surface area contributed by atoms with Gasteiger partial charge in [-0.2, -0.15) is 0 Å². The summed E-state index contributed by atoms with van der Waals surface area (Å²) in [5.41, 5.74) is 1.06. The molecular formula is C12H19BrN2OS. The summed E-state index contributed by atoms with van der Waals surface area (Å²) in [6.07, 6.45) is 2.69. The second kappa shape index (κ2) is 6.07. The molecule has 5 heteroatoms. The van der Waals surface area contributed by atoms with Gasteiger partial charge in [-0.1, -0.05) is 13.0 Å². The first-order valence-electron chi connectivity index (χ1n) is 5.64. The summed E-state index contributed by atoms with van der Waals surface area (Å²) in [5.74, 6) is 0. The van der Waals surface area contributed by atoms with Crippen LogP contribution in [0.2, 0.25) is 0 Å². The van der Waals surface area contributed by atoms with Gasteiger partial charge >= 0.3 is 0 Å². The fraction of sp³-hybridized carbons (Fsp3) is 0.583. The van der Waals surface area contributed by atoms with E-state index in [1.807, 2.05) is 39.1 Å². The average molecular weight is 319 g/mol. The van der Waals surface area contributed by atoms with E-state index in [1.165, 1.54) is 0 Å². The van der Waals surface area contributed by atoms with Gasteiger partial charge in [0, 0.05) is 12.2 Å². The molecule has 2 atom stereocenters. The lowest BCUT2D eigenvalue weighted by atomic mass is 10.1. The van der Waals surface area contributed by atoms with Crippen molar-refractivity contribution in [2.45, 2.75) is 44.9 Å². The van der Waals surface area contributed by atoms with Crippen LogP contribution in [0.5, 0.6) is 0 Å². The Bertz CT molecular complexity index is 386. The molecular weight excluding hydrogens is 300 g/mol. The lowest BCUT2D eigenvalue weighted by Gasteiger charge is -2.23. The van der Waals surface area contributed by atoms with Gasteiger partial charge in [0.1, 0.15) is 4.60 Å². The van der Waals surface area contributed by atoms with E-state index in [1.54, 1.807) is 0 Å². The van der Waals surface area contributed by atoms with E-state index in [9.17, 15) is 4.21 Å². The van der Waals surface area contributed by atoms with Crippen LogP contribution in [0.4, 0.5) is 0 Å². The maximum Gasteiger partial charge on any atom is 0.106 e. The molecule has 1 aromatic rings. The van der Waals surface area contributed by atoms with Crippen LogP contribution in [0.25, 0.3) is 0 Å². The SMILES string of the molecule is CCC(NS(=O)C(C)(C)C)c1ccc(Br)nc1. The van der Waals surface area contributed by atoms with Crippen molar-refractivity contribution in [1.82, 2.24) is 9.71 Å². The third-order valence-corrected chi connectivity index (χ3v) is 4.45. The zero-order chi connectivity index (χ0) is 13.1. The molecule has 0 aliphatic carbocycles. The van der Waals surface area contributed by atoms with Crippen LogP contribution in [0.3, 0.4) is 0 Å². The quantitative estimate of drug-likeness (QED) is 0.865. The van der Waals surface area contributed by atoms with E-state index >= 15 is 0 Å². The van der Waals surface area contributed by atoms with Crippen LogP contribution >= 0.6 is 15.9 Å². The largest absolute Gasteiger partial charge is 0.249 e. The average Bonchev–Trinajstić information content (AvgIpc) is 2.25. The Balaban J connectivity index is 2.79. The minimum absolute atomic E-state index is 0.0793. The van der Waals surface area contributed by atoms with Crippen LogP contribution in [-0.2, 0) is 11.0 Å². The molecule has 1 heterocycles. The third-order valence-electron chi connectivity index (χ3n) is 2.37. The van der Waals surface area contributed by atoms with E-state index in [0.29, 0.717) is 0 Å². The van der Waals surface area contributed by atoms with Gasteiger partial charge in [0.25, 0.3) is 0 Å². The molecule has 1 aromatic heterocycles. The number of pyridine rings is 1. The van der Waals surface area contributed by atoms with Gasteiger partial charge in [-0.25, -0.2) is 13.9 Å². The Kier molecular flexibility index (Phi) is 5.28. The molecule has 17 heavy (non-hydrogen) atoms. The Morgan fingerprint density at radius 3 is 2.53 bits per heavy atom. The Labute approximate surface area is 114 Å². The first-order valence-corrected chi connectivity index (χ1v) is 7.58. The zero-order valence-electron chi connectivity index (χ0n) is 10.7. The molecule has 0 radical (unpaired) electrons. The maximum absolute atomic E-state index is 12.0. The lowest BCUT2D eigenvalue weighted by molar-refractivity contribution is 0.588. The van der Waals surface area contributed by atoms with Crippen molar-refractivity contribution in [3.8, 4) is 0 Å². The molecule has 1 N–H and O–H groups in total. The van der Waals surface area contributed by atoms with Crippen LogP contribution in [-0.4, -0.2) is 13.9 Å². The molecule has 0 fully saturated rings. The van der Waals surface area contributed by atoms with Crippen LogP contribution in [0, 0.1) is 0 Å². The minimum atomic E-state index is -1.06. The standard InChI is InChI=1S/C12H19BrN2OS/c1-5-10(15-17(16)12(2,3)4)9-6-7-11(13)14-8-9/h6-8,10,15H,5H2,1-4H3. The first kappa shape index (κ1) is 14.8. The van der Waals surface area contributed by atoms with Gasteiger partial charge in [0.05, 0.1) is 15.7 Å². The highest BCUT2D eigenvalue weighted by molar-refractivity contribution is 9.10. The summed E-state index contributed by atoms with van der Waals surface area (Å²) < 4.78 is 15.8. The smallest absolute Gasteiger partial charge is 0.106 e. The highest BCUT2D eigenvalue weighted by Gasteiger charge is 2.22. The number of halogens is 1. The molecule has 0 amide bonds. The molecule has 0 saturated heterocycles. The molecule has 0 aromatic carbocycles. The second-order valence-electron chi connectivity index (χ2n) is 4.87. The number of hydrogen-bond donors (Lipinski definition) is 1. The number of aromatic nitrogens is 1. The summed E-state index contributed by atoms with van der Waals surface area (Å²) in [4.78, 5) is 4.20. The van der Waals surface area contributed by atoms with Gasteiger partial charge < -0.3 is 0 Å². The minimum Gasteiger partial charge on any atom is -0.249 e. The molecule has 0 bridgehead atoms. The summed E-state index contributed by atoms with van der Waals surface area (Å²) in [5, 5.41) is 0. The highest BCUT2D eigenvalue weighted by Crippen LogP contribution is 2.20. The van der Waals surface area contributed by atoms with E-state index < -0.39 is 11.0 Å². The van der Waals surface area contributed by atoms with Crippen molar-refractivity contribution in [3.05, 3.63) is 28.5 Å². The number of hydrogen-bond acceptors (Lipinski definition) is 2. The zero-order valence-corrected chi connectivity index (χ0v) is 13.1. The lowest BCUT2D eigenvalue weighted by Crippen LogP contribution is -2.35. The monoisotopic (exact) mass is 318 g/mol. The van der Waals surface area contributed by atoms with E-state index in [4.69, 9.17) is 0 Å². The molecule has 0 spiro atoms. The predicted octanol–water partition coefficient (Wildman–Crippen LogP) is 3.35. The summed E-state index contributed by atoms with van der Waals surface area (Å²) in [7, 11) is -1.06. The second-order valence-corrected chi connectivity index (χ2v) is 7.68. The van der Waals surface area contributed by atoms with Gasteiger partial charge in [0.2, 0.25) is 0 Å². The first-order chi connectivity index (χ1) is 7.84. The van der Waals surface area contributed by atoms with Crippen LogP contribution in [0.1, 0.15) is 45.7 Å². The molecule has 96 valence electrons. The fourth-order valence-corrected chi connectivity index (χ4v) is 2.44. The van der Waals surface area contributed by atoms with Crippen molar-refractivity contribution in [3.63, 3.8) is 0 Å². The highest BCUT2D eigenvalue weighted by atomic mass is 79.9. The molecule has 1 rings (SSSR count). The summed E-state index contributed by atoms with van der Waals surface area (Å²) in [6, 6.07) is 3.98. The Morgan fingerprint density at radius 2 is 2.12 bits per heavy atom. The molecule has 2 unspecified atom stereocenters. The van der Waals surface area contributed by atoms with Gasteiger partial charge in [0.15, 0.2) is 0 Å². The molecule has 3 nitrogen and oxygen atoms in total. The number of nitrogens with one attached hydrogen (secondary N) is 1. The Hall–Kier alpha value is -0.260. The van der Waals surface area contributed by atoms with Crippen LogP contribution < -0.4 is 4.72 Å². The number of nitrogens with zero attached hydrogens (tertiary/aromatic N) is 1.